The topological polar surface area (TPSA) is 31.5 Å². The molecule has 0 aliphatic rings. The van der Waals surface area contributed by atoms with Gasteiger partial charge in [0.2, 0.25) is 0 Å². The smallest absolute Gasteiger partial charge is 0 e. The van der Waals surface area contributed by atoms with Gasteiger partial charge >= 0.3 is 0 Å². The molecule has 0 aromatic carbocycles. The van der Waals surface area contributed by atoms with E-state index in [4.69, 9.17) is 0 Å². The summed E-state index contributed by atoms with van der Waals surface area (Å²) < 4.78 is 0. The molecule has 0 saturated heterocycles. The molecule has 1 nitrogen and oxygen atoms in total. The van der Waals surface area contributed by atoms with Gasteiger partial charge in [-0.25, -0.2) is 0 Å². The van der Waals surface area contributed by atoms with E-state index in [-0.39, 0.29) is 81.9 Å². The third-order valence-corrected chi connectivity index (χ3v) is 0. The molecule has 35 valence electrons. The van der Waals surface area contributed by atoms with Crippen molar-refractivity contribution in [3.05, 3.63) is 0 Å². The van der Waals surface area contributed by atoms with Crippen molar-refractivity contribution >= 4 is 13.5 Å². The van der Waals surface area contributed by atoms with Crippen LogP contribution in [0.4, 0.5) is 0 Å². The van der Waals surface area contributed by atoms with Crippen molar-refractivity contribution in [1.29, 1.82) is 0 Å². The van der Waals surface area contributed by atoms with Crippen LogP contribution in [-0.4, -0.2) is 5.48 Å². The van der Waals surface area contributed by atoms with Crippen molar-refractivity contribution in [2.45, 2.75) is 0 Å². The molecule has 0 spiro atoms. The van der Waals surface area contributed by atoms with E-state index in [1.165, 1.54) is 0 Å². The predicted molar refractivity (Wildman–Crippen MR) is 14.0 cm³/mol. The van der Waals surface area contributed by atoms with Gasteiger partial charge in [0.05, 0.1) is 0 Å². The van der Waals surface area contributed by atoms with E-state index in [0.29, 0.717) is 0 Å². The van der Waals surface area contributed by atoms with Gasteiger partial charge in [-0.05, 0) is 0 Å². The van der Waals surface area contributed by atoms with Crippen molar-refractivity contribution in [1.82, 2.24) is 0 Å². The van der Waals surface area contributed by atoms with Crippen LogP contribution in [-0.2, 0) is 62.9 Å². The second-order valence-electron chi connectivity index (χ2n) is 0. The fourth-order valence-corrected chi connectivity index (χ4v) is 0. The normalized spacial score (nSPS) is 0. The standard InChI is InChI=1S/Au.Mo.H2O.H2S.Zn/h;;2*1H2;. The van der Waals surface area contributed by atoms with Crippen molar-refractivity contribution in [2.24, 2.45) is 0 Å². The van der Waals surface area contributed by atoms with Crippen molar-refractivity contribution in [3.8, 4) is 0 Å². The first kappa shape index (κ1) is 53.4. The van der Waals surface area contributed by atoms with Crippen LogP contribution in [0.1, 0.15) is 0 Å². The van der Waals surface area contributed by atoms with Crippen molar-refractivity contribution < 1.29 is 68.4 Å². The average molecular weight is 410 g/mol. The largest absolute Gasteiger partial charge is 0.412 e. The molecule has 0 saturated carbocycles. The molecule has 0 heterocycles. The molecule has 0 fully saturated rings. The maximum atomic E-state index is 0. The first-order chi connectivity index (χ1) is 0. The van der Waals surface area contributed by atoms with Crippen LogP contribution in [0.25, 0.3) is 0 Å². The Morgan fingerprint density at radius 2 is 1.00 bits per heavy atom. The summed E-state index contributed by atoms with van der Waals surface area (Å²) in [5, 5.41) is 0. The molecule has 0 aliphatic heterocycles. The summed E-state index contributed by atoms with van der Waals surface area (Å²) in [6, 6.07) is 0. The minimum absolute atomic E-state index is 0. The number of hydrogen-bond donors (Lipinski definition) is 0. The molecule has 0 amide bonds. The summed E-state index contributed by atoms with van der Waals surface area (Å²) in [5.74, 6) is 0. The van der Waals surface area contributed by atoms with Crippen LogP contribution in [0.5, 0.6) is 0 Å². The molecule has 2 N–H and O–H groups in total. The number of hydrogen-bond acceptors (Lipinski definition) is 0. The van der Waals surface area contributed by atoms with Gasteiger partial charge in [-0.2, -0.15) is 13.5 Å². The molecule has 0 aliphatic carbocycles. The molecular formula is H4AuMoOSZn. The van der Waals surface area contributed by atoms with E-state index in [1.807, 2.05) is 0 Å². The molecule has 0 atom stereocenters. The third-order valence-electron chi connectivity index (χ3n) is 0. The minimum atomic E-state index is 0. The quantitative estimate of drug-likeness (QED) is 0.473. The van der Waals surface area contributed by atoms with Gasteiger partial charge in [0.15, 0.2) is 0 Å². The van der Waals surface area contributed by atoms with E-state index in [9.17, 15) is 0 Å². The fourth-order valence-electron chi connectivity index (χ4n) is 0. The Bertz CT molecular complexity index is 11.6. The minimum Gasteiger partial charge on any atom is -0.412 e. The Morgan fingerprint density at radius 1 is 1.00 bits per heavy atom. The Hall–Kier alpha value is 2.36. The molecule has 0 unspecified atom stereocenters. The molecule has 5 heavy (non-hydrogen) atoms. The van der Waals surface area contributed by atoms with Crippen LogP contribution in [0.2, 0.25) is 0 Å². The second-order valence-corrected chi connectivity index (χ2v) is 0. The molecule has 5 heteroatoms. The van der Waals surface area contributed by atoms with Gasteiger partial charge in [-0.3, -0.25) is 0 Å². The van der Waals surface area contributed by atoms with Crippen molar-refractivity contribution in [2.75, 3.05) is 0 Å². The zero-order valence-corrected chi connectivity index (χ0v) is 10.6. The van der Waals surface area contributed by atoms with Gasteiger partial charge in [-0.1, -0.05) is 0 Å². The van der Waals surface area contributed by atoms with E-state index in [1.54, 1.807) is 0 Å². The van der Waals surface area contributed by atoms with Crippen LogP contribution >= 0.6 is 13.5 Å². The van der Waals surface area contributed by atoms with Gasteiger partial charge in [0, 0.05) is 62.9 Å². The van der Waals surface area contributed by atoms with E-state index < -0.39 is 0 Å². The van der Waals surface area contributed by atoms with Gasteiger partial charge in [0.1, 0.15) is 0 Å². The average Bonchev–Trinajstić information content (AvgIpc) is 0. The molecule has 0 aromatic heterocycles. The molecular weight excluding hydrogens is 406 g/mol. The van der Waals surface area contributed by atoms with Gasteiger partial charge in [-0.15, -0.1) is 0 Å². The Morgan fingerprint density at radius 3 is 1.00 bits per heavy atom. The summed E-state index contributed by atoms with van der Waals surface area (Å²) in [6.07, 6.45) is 0. The van der Waals surface area contributed by atoms with E-state index in [0.717, 1.165) is 0 Å². The first-order valence-corrected chi connectivity index (χ1v) is 0. The zero-order valence-electron chi connectivity index (χ0n) is 2.42. The van der Waals surface area contributed by atoms with Gasteiger partial charge < -0.3 is 5.48 Å². The fraction of sp³-hybridized carbons (Fsp3) is 0. The van der Waals surface area contributed by atoms with Crippen LogP contribution in [0, 0.1) is 0 Å². The van der Waals surface area contributed by atoms with Crippen LogP contribution < -0.4 is 0 Å². The van der Waals surface area contributed by atoms with Gasteiger partial charge in [0.25, 0.3) is 0 Å². The molecule has 0 rings (SSSR count). The Balaban J connectivity index is 0. The first-order valence-electron chi connectivity index (χ1n) is 0. The third kappa shape index (κ3) is 21.7. The monoisotopic (exact) mass is 411 g/mol. The summed E-state index contributed by atoms with van der Waals surface area (Å²) in [6.45, 7) is 0. The van der Waals surface area contributed by atoms with Crippen molar-refractivity contribution in [3.63, 3.8) is 0 Å². The second kappa shape index (κ2) is 32.8. The summed E-state index contributed by atoms with van der Waals surface area (Å²) in [7, 11) is 0. The van der Waals surface area contributed by atoms with E-state index in [2.05, 4.69) is 0 Å². The summed E-state index contributed by atoms with van der Waals surface area (Å²) >= 11 is 0. The van der Waals surface area contributed by atoms with E-state index >= 15 is 0 Å². The maximum Gasteiger partial charge on any atom is 0 e. The summed E-state index contributed by atoms with van der Waals surface area (Å²) in [5.41, 5.74) is 0. The maximum absolute atomic E-state index is 0. The Labute approximate surface area is 80.9 Å². The molecule has 0 bridgehead atoms. The zero-order chi connectivity index (χ0) is 0. The Kier molecular flexibility index (Phi) is 350. The summed E-state index contributed by atoms with van der Waals surface area (Å²) in [4.78, 5) is 0. The molecule has 1 radical (unpaired) electrons. The van der Waals surface area contributed by atoms with Crippen LogP contribution in [0.15, 0.2) is 0 Å². The van der Waals surface area contributed by atoms with Crippen LogP contribution in [0.3, 0.4) is 0 Å². The number of rotatable bonds is 0. The predicted octanol–water partition coefficient (Wildman–Crippen LogP) is -0.719. The SMILES string of the molecule is O.S.[Au].[Mo].[Zn]. The molecule has 0 aromatic rings.